The molecule has 0 saturated carbocycles. The summed E-state index contributed by atoms with van der Waals surface area (Å²) in [6.45, 7) is 2.07. The Morgan fingerprint density at radius 3 is 2.70 bits per heavy atom. The summed E-state index contributed by atoms with van der Waals surface area (Å²) in [6.07, 6.45) is 4.75. The Kier molecular flexibility index (Phi) is 4.64. The number of rotatable bonds is 5. The van der Waals surface area contributed by atoms with Crippen LogP contribution in [0.2, 0.25) is 0 Å². The molecular weight excluding hydrogens is 358 g/mol. The third-order valence-corrected chi connectivity index (χ3v) is 4.86. The van der Waals surface area contributed by atoms with Crippen LogP contribution in [0, 0.1) is 0 Å². The maximum Gasteiger partial charge on any atom is 0.141 e. The van der Waals surface area contributed by atoms with E-state index in [1.165, 1.54) is 0 Å². The molecule has 0 unspecified atom stereocenters. The molecule has 0 bridgehead atoms. The second-order valence-electron chi connectivity index (χ2n) is 6.50. The fourth-order valence-electron chi connectivity index (χ4n) is 3.22. The zero-order valence-electron chi connectivity index (χ0n) is 15.0. The number of halogens is 1. The van der Waals surface area contributed by atoms with Crippen LogP contribution in [0.25, 0.3) is 16.6 Å². The normalized spacial score (nSPS) is 13.6. The number of benzene rings is 1. The zero-order valence-corrected chi connectivity index (χ0v) is 15.8. The van der Waals surface area contributed by atoms with Crippen molar-refractivity contribution in [3.8, 4) is 5.69 Å². The van der Waals surface area contributed by atoms with Gasteiger partial charge in [0.2, 0.25) is 0 Å². The molecule has 0 aliphatic carbocycles. The van der Waals surface area contributed by atoms with Crippen LogP contribution < -0.4 is 5.73 Å². The summed E-state index contributed by atoms with van der Waals surface area (Å²) in [6, 6.07) is 17.7. The molecule has 3 aromatic heterocycles. The molecule has 5 nitrogen and oxygen atoms in total. The number of aromatic nitrogens is 4. The Morgan fingerprint density at radius 2 is 1.85 bits per heavy atom. The van der Waals surface area contributed by atoms with Gasteiger partial charge < -0.3 is 5.73 Å². The molecule has 27 heavy (non-hydrogen) atoms. The molecule has 0 radical (unpaired) electrons. The van der Waals surface area contributed by atoms with E-state index in [4.69, 9.17) is 17.3 Å². The fraction of sp³-hybridized carbons (Fsp3) is 0.190. The van der Waals surface area contributed by atoms with E-state index in [-0.39, 0.29) is 0 Å². The maximum absolute atomic E-state index is 6.80. The topological polar surface area (TPSA) is 69.6 Å². The fourth-order valence-corrected chi connectivity index (χ4v) is 3.51. The molecule has 4 aromatic rings. The molecule has 3 heterocycles. The van der Waals surface area contributed by atoms with Crippen molar-refractivity contribution in [2.24, 2.45) is 5.73 Å². The average molecular weight is 378 g/mol. The quantitative estimate of drug-likeness (QED) is 0.422. The Morgan fingerprint density at radius 1 is 1.04 bits per heavy atom. The smallest absolute Gasteiger partial charge is 0.141 e. The minimum atomic E-state index is -1.21. The summed E-state index contributed by atoms with van der Waals surface area (Å²) in [7, 11) is 0. The largest absolute Gasteiger partial charge is 0.307 e. The number of hydrogen-bond acceptors (Lipinski definition) is 4. The van der Waals surface area contributed by atoms with Crippen LogP contribution in [-0.4, -0.2) is 19.7 Å². The predicted octanol–water partition coefficient (Wildman–Crippen LogP) is 3.97. The molecule has 136 valence electrons. The number of para-hydroxylation sites is 1. The first-order valence-electron chi connectivity index (χ1n) is 8.90. The van der Waals surface area contributed by atoms with Crippen molar-refractivity contribution in [2.75, 3.05) is 0 Å². The molecule has 0 aliphatic rings. The van der Waals surface area contributed by atoms with Crippen molar-refractivity contribution in [3.63, 3.8) is 0 Å². The van der Waals surface area contributed by atoms with Crippen LogP contribution in [0.3, 0.4) is 0 Å². The SMILES string of the molecule is CCc1cccc(C[C@](N)(Cl)c2ncccc2-n2ncc3ccccc32)n1. The summed E-state index contributed by atoms with van der Waals surface area (Å²) in [5.74, 6) is 0. The van der Waals surface area contributed by atoms with Gasteiger partial charge in [-0.2, -0.15) is 5.10 Å². The van der Waals surface area contributed by atoms with E-state index >= 15 is 0 Å². The van der Waals surface area contributed by atoms with Crippen molar-refractivity contribution in [2.45, 2.75) is 24.8 Å². The second kappa shape index (κ2) is 7.10. The van der Waals surface area contributed by atoms with E-state index in [2.05, 4.69) is 22.0 Å². The molecule has 0 amide bonds. The van der Waals surface area contributed by atoms with Gasteiger partial charge in [0.05, 0.1) is 17.4 Å². The van der Waals surface area contributed by atoms with E-state index in [1.807, 2.05) is 65.5 Å². The molecule has 1 aromatic carbocycles. The Bertz CT molecular complexity index is 1090. The van der Waals surface area contributed by atoms with Crippen molar-refractivity contribution < 1.29 is 0 Å². The van der Waals surface area contributed by atoms with E-state index in [0.717, 1.165) is 34.4 Å². The van der Waals surface area contributed by atoms with Gasteiger partial charge in [-0.1, -0.05) is 42.8 Å². The van der Waals surface area contributed by atoms with E-state index in [1.54, 1.807) is 6.20 Å². The highest BCUT2D eigenvalue weighted by Gasteiger charge is 2.31. The summed E-state index contributed by atoms with van der Waals surface area (Å²) < 4.78 is 1.83. The molecular formula is C21H20ClN5. The molecule has 0 spiro atoms. The standard InChI is InChI=1S/C21H20ClN5/c1-2-16-8-5-9-17(26-16)13-21(22,23)20-19(11-6-12-24-20)27-18-10-4-3-7-15(18)14-25-27/h3-12,14H,2,13,23H2,1H3/t21-/m1/s1. The summed E-state index contributed by atoms with van der Waals surface area (Å²) in [5, 5.41) is 5.56. The van der Waals surface area contributed by atoms with Crippen molar-refractivity contribution in [1.29, 1.82) is 0 Å². The van der Waals surface area contributed by atoms with Crippen LogP contribution in [-0.2, 0) is 17.8 Å². The number of pyridine rings is 2. The number of nitrogens with two attached hydrogens (primary N) is 1. The average Bonchev–Trinajstić information content (AvgIpc) is 3.12. The van der Waals surface area contributed by atoms with Crippen molar-refractivity contribution >= 4 is 22.5 Å². The lowest BCUT2D eigenvalue weighted by atomic mass is 10.0. The number of alkyl halides is 1. The highest BCUT2D eigenvalue weighted by atomic mass is 35.5. The van der Waals surface area contributed by atoms with Crippen LogP contribution >= 0.6 is 11.6 Å². The van der Waals surface area contributed by atoms with Gasteiger partial charge in [-0.15, -0.1) is 0 Å². The molecule has 0 fully saturated rings. The van der Waals surface area contributed by atoms with Crippen LogP contribution in [0.5, 0.6) is 0 Å². The monoisotopic (exact) mass is 377 g/mol. The molecule has 0 saturated heterocycles. The molecule has 6 heteroatoms. The minimum absolute atomic E-state index is 0.367. The van der Waals surface area contributed by atoms with E-state index < -0.39 is 5.00 Å². The van der Waals surface area contributed by atoms with E-state index in [9.17, 15) is 0 Å². The minimum Gasteiger partial charge on any atom is -0.307 e. The summed E-state index contributed by atoms with van der Waals surface area (Å²) in [5.41, 5.74) is 10.7. The predicted molar refractivity (Wildman–Crippen MR) is 108 cm³/mol. The highest BCUT2D eigenvalue weighted by Crippen LogP contribution is 2.31. The highest BCUT2D eigenvalue weighted by molar-refractivity contribution is 6.23. The number of hydrogen-bond donors (Lipinski definition) is 1. The van der Waals surface area contributed by atoms with Gasteiger partial charge in [-0.3, -0.25) is 9.97 Å². The number of fused-ring (bicyclic) bond motifs is 1. The Hall–Kier alpha value is -2.76. The van der Waals surface area contributed by atoms with Crippen molar-refractivity contribution in [1.82, 2.24) is 19.7 Å². The van der Waals surface area contributed by atoms with Gasteiger partial charge in [-0.25, -0.2) is 4.68 Å². The third kappa shape index (κ3) is 3.44. The lowest BCUT2D eigenvalue weighted by Gasteiger charge is -2.24. The van der Waals surface area contributed by atoms with Crippen molar-refractivity contribution in [3.05, 3.63) is 84.1 Å². The lowest BCUT2D eigenvalue weighted by molar-refractivity contribution is 0.597. The van der Waals surface area contributed by atoms with Gasteiger partial charge in [0.15, 0.2) is 0 Å². The molecule has 1 atom stereocenters. The van der Waals surface area contributed by atoms with Crippen LogP contribution in [0.15, 0.2) is 67.0 Å². The van der Waals surface area contributed by atoms with Gasteiger partial charge in [0.25, 0.3) is 0 Å². The summed E-state index contributed by atoms with van der Waals surface area (Å²) in [4.78, 5) is 7.93. The van der Waals surface area contributed by atoms with Crippen LogP contribution in [0.1, 0.15) is 24.0 Å². The van der Waals surface area contributed by atoms with Crippen LogP contribution in [0.4, 0.5) is 0 Å². The Labute approximate surface area is 162 Å². The van der Waals surface area contributed by atoms with Gasteiger partial charge in [0, 0.05) is 29.4 Å². The molecule has 4 rings (SSSR count). The lowest BCUT2D eigenvalue weighted by Crippen LogP contribution is -2.35. The zero-order chi connectivity index (χ0) is 18.9. The Balaban J connectivity index is 1.77. The number of nitrogens with zero attached hydrogens (tertiary/aromatic N) is 4. The second-order valence-corrected chi connectivity index (χ2v) is 7.17. The summed E-state index contributed by atoms with van der Waals surface area (Å²) >= 11 is 6.80. The molecule has 2 N–H and O–H groups in total. The third-order valence-electron chi connectivity index (χ3n) is 4.55. The first-order valence-corrected chi connectivity index (χ1v) is 9.27. The number of aryl methyl sites for hydroxylation is 1. The maximum atomic E-state index is 6.80. The first-order chi connectivity index (χ1) is 13.1. The van der Waals surface area contributed by atoms with E-state index in [0.29, 0.717) is 12.1 Å². The molecule has 0 aliphatic heterocycles. The first kappa shape index (κ1) is 17.6. The van der Waals surface area contributed by atoms with Gasteiger partial charge in [0.1, 0.15) is 10.7 Å². The van der Waals surface area contributed by atoms with Gasteiger partial charge >= 0.3 is 0 Å². The van der Waals surface area contributed by atoms with Gasteiger partial charge in [-0.05, 0) is 36.8 Å².